The van der Waals surface area contributed by atoms with Crippen LogP contribution in [0.25, 0.3) is 0 Å². The number of carbonyl (C=O) groups is 16. The zero-order valence-electron chi connectivity index (χ0n) is 38.6. The van der Waals surface area contributed by atoms with Crippen molar-refractivity contribution in [3.63, 3.8) is 0 Å². The Bertz CT molecular complexity index is 1670. The van der Waals surface area contributed by atoms with E-state index in [4.69, 9.17) is 46.0 Å². The van der Waals surface area contributed by atoms with Gasteiger partial charge in [-0.25, -0.2) is 4.79 Å². The van der Waals surface area contributed by atoms with Gasteiger partial charge in [-0.3, -0.25) is 67.1 Å². The van der Waals surface area contributed by atoms with E-state index in [2.05, 4.69) is 0 Å². The third-order valence-corrected chi connectivity index (χ3v) is 8.75. The normalized spacial score (nSPS) is 13.5. The molecule has 2 aliphatic carbocycles. The van der Waals surface area contributed by atoms with Gasteiger partial charge in [-0.05, 0) is 94.9 Å². The van der Waals surface area contributed by atoms with Crippen LogP contribution in [0.5, 0.6) is 0 Å². The van der Waals surface area contributed by atoms with E-state index in [0.29, 0.717) is 25.7 Å². The number of hydrogen-bond donors (Lipinski definition) is 9. The minimum Gasteiger partial charge on any atom is -0.481 e. The summed E-state index contributed by atoms with van der Waals surface area (Å²) in [6.07, 6.45) is 0.860. The van der Waals surface area contributed by atoms with Crippen LogP contribution in [-0.4, -0.2) is 146 Å². The Balaban J connectivity index is -0.000000157. The second kappa shape index (κ2) is 34.5. The quantitative estimate of drug-likeness (QED) is 0.0741. The van der Waals surface area contributed by atoms with Crippen LogP contribution in [0.1, 0.15) is 134 Å². The summed E-state index contributed by atoms with van der Waals surface area (Å²) in [5.74, 6) is -12.2. The summed E-state index contributed by atoms with van der Waals surface area (Å²) in [5, 5.41) is 73.7. The van der Waals surface area contributed by atoms with Gasteiger partial charge in [0.1, 0.15) is 69.4 Å². The second-order valence-corrected chi connectivity index (χ2v) is 14.9. The summed E-state index contributed by atoms with van der Waals surface area (Å²) in [6.45, 7) is 14.1. The molecule has 0 amide bonds. The van der Waals surface area contributed by atoms with Crippen molar-refractivity contribution in [1.29, 1.82) is 0 Å². The fourth-order valence-electron chi connectivity index (χ4n) is 3.22. The Labute approximate surface area is 378 Å². The molecule has 2 fully saturated rings. The van der Waals surface area contributed by atoms with Gasteiger partial charge < -0.3 is 50.8 Å². The standard InChI is InChI=1S/C7H10O3.C6H8O3.C6H10O3.C5H8O4.2C5H8O3.C4H6O3.C3H4O3/c1-5(8)7(6(9)10)3-2-4-7;1-4(7)6(2-3-6)5(8)9;1-4(7)6(2,3)5(8)9;1-3(6)4(7)2-5(8)9;1-4(6)2-3-5(7)8;1-3(4(2)6)5(7)8;1-3(5)2-4(6)7;1-2(4)3(5)6/h2-4H2,1H3,(H,9,10);2-3H2,1H3,(H,8,9);1-3H3,(H,8,9);4,7H,2H2,1H3,(H,8,9);2-3H2,1H3,(H,7,8);3H,1-2H3,(H,7,8);2H2,1H3,(H,6,7);1H3,(H,5,6). The van der Waals surface area contributed by atoms with Gasteiger partial charge in [0.2, 0.25) is 5.78 Å². The largest absolute Gasteiger partial charge is 0.481 e. The van der Waals surface area contributed by atoms with Gasteiger partial charge in [0.05, 0.1) is 12.8 Å². The smallest absolute Gasteiger partial charge is 0.371 e. The van der Waals surface area contributed by atoms with Crippen LogP contribution in [0.3, 0.4) is 0 Å². The average molecular weight is 955 g/mol. The van der Waals surface area contributed by atoms with E-state index in [1.165, 1.54) is 62.3 Å². The van der Waals surface area contributed by atoms with Crippen LogP contribution in [0.15, 0.2) is 0 Å². The van der Waals surface area contributed by atoms with Crippen molar-refractivity contribution in [3.8, 4) is 0 Å². The van der Waals surface area contributed by atoms with Crippen molar-refractivity contribution in [3.05, 3.63) is 0 Å². The predicted octanol–water partition coefficient (Wildman–Crippen LogP) is 1.81. The van der Waals surface area contributed by atoms with Gasteiger partial charge in [0, 0.05) is 13.3 Å². The molecule has 25 nitrogen and oxygen atoms in total. The zero-order chi connectivity index (χ0) is 54.3. The van der Waals surface area contributed by atoms with Crippen molar-refractivity contribution in [2.75, 3.05) is 0 Å². The van der Waals surface area contributed by atoms with Crippen LogP contribution in [0, 0.1) is 22.2 Å². The van der Waals surface area contributed by atoms with Gasteiger partial charge >= 0.3 is 47.8 Å². The molecular formula is C41H62O25. The number of aliphatic hydroxyl groups is 1. The molecule has 2 rings (SSSR count). The maximum atomic E-state index is 10.8. The number of carboxylic acids is 8. The van der Waals surface area contributed by atoms with Crippen LogP contribution >= 0.6 is 0 Å². The summed E-state index contributed by atoms with van der Waals surface area (Å²) < 4.78 is 0. The number of ketones is 8. The highest BCUT2D eigenvalue weighted by atomic mass is 16.4. The Morgan fingerprint density at radius 3 is 0.909 bits per heavy atom. The molecular weight excluding hydrogens is 892 g/mol. The minimum atomic E-state index is -1.38. The van der Waals surface area contributed by atoms with Crippen LogP contribution in [0.4, 0.5) is 0 Å². The van der Waals surface area contributed by atoms with E-state index in [1.54, 1.807) is 0 Å². The zero-order valence-corrected chi connectivity index (χ0v) is 38.6. The number of aliphatic hydroxyl groups excluding tert-OH is 1. The highest BCUT2D eigenvalue weighted by Gasteiger charge is 2.54. The fourth-order valence-corrected chi connectivity index (χ4v) is 3.22. The molecule has 0 saturated heterocycles. The molecule has 66 heavy (non-hydrogen) atoms. The van der Waals surface area contributed by atoms with Crippen molar-refractivity contribution in [2.24, 2.45) is 22.2 Å². The maximum Gasteiger partial charge on any atom is 0.371 e. The SMILES string of the molecule is CC(=O)C(=O)O.CC(=O)C(C)(C)C(=O)O.CC(=O)C(C)C(=O)O.CC(=O)C(O)CC(=O)O.CC(=O)C1(C(=O)O)CC1.CC(=O)C1(C(=O)O)CCC1.CC(=O)CC(=O)O.CC(=O)CCC(=O)O. The van der Waals surface area contributed by atoms with Crippen LogP contribution < -0.4 is 0 Å². The first-order valence-electron chi connectivity index (χ1n) is 19.1. The molecule has 376 valence electrons. The summed E-state index contributed by atoms with van der Waals surface area (Å²) >= 11 is 0. The maximum absolute atomic E-state index is 10.8. The fraction of sp³-hybridized carbons (Fsp3) is 0.610. The summed E-state index contributed by atoms with van der Waals surface area (Å²) in [5.41, 5.74) is -3.19. The summed E-state index contributed by atoms with van der Waals surface area (Å²) in [4.78, 5) is 161. The molecule has 0 bridgehead atoms. The monoisotopic (exact) mass is 954 g/mol. The first kappa shape index (κ1) is 70.7. The Morgan fingerprint density at radius 2 is 0.879 bits per heavy atom. The number of hydrogen-bond acceptors (Lipinski definition) is 17. The van der Waals surface area contributed by atoms with E-state index < -0.39 is 94.0 Å². The molecule has 0 aromatic carbocycles. The molecule has 2 saturated carbocycles. The lowest BCUT2D eigenvalue weighted by molar-refractivity contribution is -0.160. The molecule has 0 aliphatic heterocycles. The number of Topliss-reactive ketones (excluding diaryl/α,β-unsaturated/α-hetero) is 8. The second-order valence-electron chi connectivity index (χ2n) is 14.9. The van der Waals surface area contributed by atoms with Gasteiger partial charge in [-0.1, -0.05) is 6.42 Å². The van der Waals surface area contributed by atoms with Crippen molar-refractivity contribution in [2.45, 2.75) is 140 Å². The third-order valence-electron chi connectivity index (χ3n) is 8.75. The molecule has 9 N–H and O–H groups in total. The third kappa shape index (κ3) is 35.5. The van der Waals surface area contributed by atoms with Crippen molar-refractivity contribution in [1.82, 2.24) is 0 Å². The molecule has 0 radical (unpaired) electrons. The van der Waals surface area contributed by atoms with Crippen LogP contribution in [-0.2, 0) is 76.7 Å². The van der Waals surface area contributed by atoms with E-state index in [-0.39, 0.29) is 54.0 Å². The summed E-state index contributed by atoms with van der Waals surface area (Å²) in [7, 11) is 0. The highest BCUT2D eigenvalue weighted by Crippen LogP contribution is 2.46. The van der Waals surface area contributed by atoms with E-state index in [9.17, 15) is 76.7 Å². The lowest BCUT2D eigenvalue weighted by Crippen LogP contribution is -2.43. The average Bonchev–Trinajstić information content (AvgIpc) is 3.93. The molecule has 2 aliphatic rings. The molecule has 0 heterocycles. The highest BCUT2D eigenvalue weighted by molar-refractivity contribution is 6.31. The Kier molecular flexibility index (Phi) is 37.0. The Hall–Kier alpha value is -6.92. The number of rotatable bonds is 17. The molecule has 0 aromatic rings. The minimum absolute atomic E-state index is 0.0463. The molecule has 2 unspecified atom stereocenters. The molecule has 25 heteroatoms. The number of carbonyl (C=O) groups excluding carboxylic acids is 8. The topological polar surface area (TPSA) is 455 Å². The molecule has 0 aromatic heterocycles. The van der Waals surface area contributed by atoms with Gasteiger partial charge in [-0.15, -0.1) is 0 Å². The van der Waals surface area contributed by atoms with E-state index >= 15 is 0 Å². The van der Waals surface area contributed by atoms with Crippen molar-refractivity contribution < 1.29 is 123 Å². The lowest BCUT2D eigenvalue weighted by Gasteiger charge is -2.34. The lowest BCUT2D eigenvalue weighted by atomic mass is 9.66. The van der Waals surface area contributed by atoms with Gasteiger partial charge in [0.15, 0.2) is 5.78 Å². The number of aliphatic carboxylic acids is 8. The molecule has 2 atom stereocenters. The van der Waals surface area contributed by atoms with E-state index in [1.807, 2.05) is 0 Å². The summed E-state index contributed by atoms with van der Waals surface area (Å²) in [6, 6.07) is 0. The van der Waals surface area contributed by atoms with E-state index in [0.717, 1.165) is 20.3 Å². The predicted molar refractivity (Wildman–Crippen MR) is 222 cm³/mol. The van der Waals surface area contributed by atoms with Crippen LogP contribution in [0.2, 0.25) is 0 Å². The van der Waals surface area contributed by atoms with Gasteiger partial charge in [0.25, 0.3) is 0 Å². The first-order chi connectivity index (χ1) is 29.6. The van der Waals surface area contributed by atoms with Gasteiger partial charge in [-0.2, -0.15) is 0 Å². The Morgan fingerprint density at radius 1 is 0.515 bits per heavy atom. The number of carboxylic acid groups (broad SMARTS) is 8. The first-order valence-corrected chi connectivity index (χ1v) is 19.1. The molecule has 0 spiro atoms. The van der Waals surface area contributed by atoms with Crippen molar-refractivity contribution >= 4 is 94.0 Å².